The number of hydrogen-bond acceptors (Lipinski definition) is 5. The molecule has 2 aromatic carbocycles. The van der Waals surface area contributed by atoms with E-state index >= 15 is 8.78 Å². The maximum Gasteiger partial charge on any atom is 0.299 e. The van der Waals surface area contributed by atoms with Gasteiger partial charge in [-0.25, -0.2) is 18.4 Å². The quantitative estimate of drug-likeness (QED) is 0.411. The zero-order chi connectivity index (χ0) is 20.6. The second kappa shape index (κ2) is 7.47. The van der Waals surface area contributed by atoms with Crippen LogP contribution in [-0.2, 0) is 12.5 Å². The van der Waals surface area contributed by atoms with Crippen LogP contribution in [0.5, 0.6) is 0 Å². The van der Waals surface area contributed by atoms with Gasteiger partial charge in [-0.05, 0) is 40.3 Å². The number of hydrogen-bond donors (Lipinski definition) is 0. The highest BCUT2D eigenvalue weighted by molar-refractivity contribution is 9.10. The summed E-state index contributed by atoms with van der Waals surface area (Å²) in [4.78, 5) is 8.06. The lowest BCUT2D eigenvalue weighted by Gasteiger charge is -2.27. The molecule has 0 aliphatic rings. The first-order valence-electron chi connectivity index (χ1n) is 8.31. The average Bonchev–Trinajstić information content (AvgIpc) is 3.19. The predicted molar refractivity (Wildman–Crippen MR) is 98.0 cm³/mol. The Kier molecular flexibility index (Phi) is 4.99. The molecule has 0 N–H and O–H groups in total. The molecule has 0 aliphatic heterocycles. The Bertz CT molecular complexity index is 1170. The van der Waals surface area contributed by atoms with Crippen molar-refractivity contribution in [2.75, 3.05) is 0 Å². The molecule has 0 aliphatic carbocycles. The molecule has 6 nitrogen and oxygen atoms in total. The molecule has 0 fully saturated rings. The van der Waals surface area contributed by atoms with Crippen molar-refractivity contribution < 1.29 is 17.6 Å². The summed E-state index contributed by atoms with van der Waals surface area (Å²) in [5.74, 6) is -7.38. The number of nitrogens with zero attached hydrogens (tertiary/aromatic N) is 6. The lowest BCUT2D eigenvalue weighted by molar-refractivity contribution is -0.0455. The van der Waals surface area contributed by atoms with Crippen molar-refractivity contribution in [1.29, 1.82) is 0 Å². The van der Waals surface area contributed by atoms with Crippen molar-refractivity contribution in [1.82, 2.24) is 30.2 Å². The maximum absolute atomic E-state index is 15.5. The topological polar surface area (TPSA) is 69.4 Å². The minimum atomic E-state index is -3.65. The highest BCUT2D eigenvalue weighted by atomic mass is 79.9. The Morgan fingerprint density at radius 3 is 2.62 bits per heavy atom. The van der Waals surface area contributed by atoms with Crippen LogP contribution in [0.4, 0.5) is 17.6 Å². The van der Waals surface area contributed by atoms with E-state index < -0.39 is 35.7 Å². The number of fused-ring (bicyclic) bond motifs is 1. The summed E-state index contributed by atoms with van der Waals surface area (Å²) < 4.78 is 60.6. The molecule has 2 aromatic heterocycles. The fourth-order valence-corrected chi connectivity index (χ4v) is 3.32. The van der Waals surface area contributed by atoms with Crippen LogP contribution < -0.4 is 0 Å². The van der Waals surface area contributed by atoms with Gasteiger partial charge in [0.15, 0.2) is 0 Å². The van der Waals surface area contributed by atoms with Crippen molar-refractivity contribution in [2.45, 2.75) is 18.4 Å². The van der Waals surface area contributed by atoms with Gasteiger partial charge in [-0.2, -0.15) is 8.78 Å². The summed E-state index contributed by atoms with van der Waals surface area (Å²) in [5.41, 5.74) is -0.353. The first-order chi connectivity index (χ1) is 13.8. The normalized spacial score (nSPS) is 13.0. The first kappa shape index (κ1) is 19.4. The van der Waals surface area contributed by atoms with Gasteiger partial charge in [-0.3, -0.25) is 4.98 Å². The minimum Gasteiger partial charge on any atom is -0.252 e. The number of benzene rings is 2. The predicted octanol–water partition coefficient (Wildman–Crippen LogP) is 4.23. The molecule has 0 spiro atoms. The lowest BCUT2D eigenvalue weighted by Crippen LogP contribution is -2.30. The smallest absolute Gasteiger partial charge is 0.252 e. The Morgan fingerprint density at radius 2 is 1.90 bits per heavy atom. The molecule has 2 heterocycles. The van der Waals surface area contributed by atoms with Gasteiger partial charge < -0.3 is 0 Å². The fourth-order valence-electron chi connectivity index (χ4n) is 2.97. The number of halogens is 5. The van der Waals surface area contributed by atoms with E-state index in [0.29, 0.717) is 11.6 Å². The van der Waals surface area contributed by atoms with E-state index in [1.807, 2.05) is 0 Å². The highest BCUT2D eigenvalue weighted by Gasteiger charge is 2.46. The standard InChI is InChI=1S/C18H11BrF4N6/c19-10-1-4-15-16(5-10)24-7-17(26-15)18(22,23)13(8-29-9-25-27-28-29)12-3-2-11(20)6-14(12)21/h1-7,9,13H,8H2. The second-order valence-electron chi connectivity index (χ2n) is 6.26. The van der Waals surface area contributed by atoms with Crippen LogP contribution in [0.25, 0.3) is 11.0 Å². The molecule has 148 valence electrons. The van der Waals surface area contributed by atoms with Gasteiger partial charge >= 0.3 is 0 Å². The zero-order valence-electron chi connectivity index (χ0n) is 14.5. The molecule has 1 unspecified atom stereocenters. The summed E-state index contributed by atoms with van der Waals surface area (Å²) in [6, 6.07) is 7.30. The number of alkyl halides is 2. The molecule has 4 aromatic rings. The highest BCUT2D eigenvalue weighted by Crippen LogP contribution is 2.43. The lowest BCUT2D eigenvalue weighted by atomic mass is 9.90. The van der Waals surface area contributed by atoms with E-state index in [2.05, 4.69) is 41.4 Å². The van der Waals surface area contributed by atoms with E-state index in [9.17, 15) is 8.78 Å². The van der Waals surface area contributed by atoms with Crippen LogP contribution in [0.2, 0.25) is 0 Å². The maximum atomic E-state index is 15.5. The van der Waals surface area contributed by atoms with Crippen molar-refractivity contribution in [3.63, 3.8) is 0 Å². The summed E-state index contributed by atoms with van der Waals surface area (Å²) in [6.07, 6.45) is 2.08. The van der Waals surface area contributed by atoms with Crippen LogP contribution in [0.3, 0.4) is 0 Å². The molecule has 0 saturated carbocycles. The molecule has 4 rings (SSSR count). The summed E-state index contributed by atoms with van der Waals surface area (Å²) in [7, 11) is 0. The van der Waals surface area contributed by atoms with E-state index in [1.165, 1.54) is 0 Å². The Hall–Kier alpha value is -2.95. The summed E-state index contributed by atoms with van der Waals surface area (Å²) >= 11 is 3.28. The van der Waals surface area contributed by atoms with Gasteiger partial charge in [0.05, 0.1) is 29.7 Å². The Balaban J connectivity index is 1.82. The number of tetrazole rings is 1. The van der Waals surface area contributed by atoms with Gasteiger partial charge in [-0.15, -0.1) is 5.10 Å². The fraction of sp³-hybridized carbons (Fsp3) is 0.167. The largest absolute Gasteiger partial charge is 0.299 e. The van der Waals surface area contributed by atoms with Gasteiger partial charge in [0.25, 0.3) is 5.92 Å². The monoisotopic (exact) mass is 466 g/mol. The molecule has 0 amide bonds. The van der Waals surface area contributed by atoms with Gasteiger partial charge in [-0.1, -0.05) is 22.0 Å². The SMILES string of the molecule is Fc1ccc(C(Cn2cnnn2)C(F)(F)c2cnc3cc(Br)ccc3n2)c(F)c1. The van der Waals surface area contributed by atoms with Crippen molar-refractivity contribution in [3.8, 4) is 0 Å². The second-order valence-corrected chi connectivity index (χ2v) is 7.18. The molecule has 0 bridgehead atoms. The molecule has 29 heavy (non-hydrogen) atoms. The van der Waals surface area contributed by atoms with E-state index in [4.69, 9.17) is 0 Å². The Labute approximate surface area is 169 Å². The van der Waals surface area contributed by atoms with Crippen LogP contribution in [0.1, 0.15) is 17.2 Å². The van der Waals surface area contributed by atoms with Crippen molar-refractivity contribution in [2.24, 2.45) is 0 Å². The number of aromatic nitrogens is 6. The van der Waals surface area contributed by atoms with Gasteiger partial charge in [0, 0.05) is 10.5 Å². The third kappa shape index (κ3) is 3.82. The summed E-state index contributed by atoms with van der Waals surface area (Å²) in [5, 5.41) is 10.4. The van der Waals surface area contributed by atoms with Crippen LogP contribution >= 0.6 is 15.9 Å². The van der Waals surface area contributed by atoms with E-state index in [-0.39, 0.29) is 11.1 Å². The number of rotatable bonds is 5. The van der Waals surface area contributed by atoms with Crippen molar-refractivity contribution >= 4 is 27.0 Å². The third-order valence-corrected chi connectivity index (χ3v) is 4.88. The van der Waals surface area contributed by atoms with Crippen LogP contribution in [0, 0.1) is 11.6 Å². The van der Waals surface area contributed by atoms with Crippen molar-refractivity contribution in [3.05, 3.63) is 76.3 Å². The average molecular weight is 467 g/mol. The molecular weight excluding hydrogens is 456 g/mol. The molecule has 11 heteroatoms. The molecule has 0 radical (unpaired) electrons. The molecule has 1 atom stereocenters. The zero-order valence-corrected chi connectivity index (χ0v) is 16.1. The van der Waals surface area contributed by atoms with Crippen LogP contribution in [-0.4, -0.2) is 30.2 Å². The molecular formula is C18H11BrF4N6. The third-order valence-electron chi connectivity index (χ3n) is 4.38. The Morgan fingerprint density at radius 1 is 1.07 bits per heavy atom. The first-order valence-corrected chi connectivity index (χ1v) is 9.10. The molecule has 0 saturated heterocycles. The van der Waals surface area contributed by atoms with Gasteiger partial charge in [0.2, 0.25) is 0 Å². The van der Waals surface area contributed by atoms with Gasteiger partial charge in [0.1, 0.15) is 23.7 Å². The minimum absolute atomic E-state index is 0.256. The van der Waals surface area contributed by atoms with Crippen LogP contribution in [0.15, 0.2) is 53.4 Å². The van der Waals surface area contributed by atoms with E-state index in [0.717, 1.165) is 33.8 Å². The summed E-state index contributed by atoms with van der Waals surface area (Å²) in [6.45, 7) is -0.456. The van der Waals surface area contributed by atoms with E-state index in [1.54, 1.807) is 18.2 Å².